The maximum absolute atomic E-state index is 11.7. The van der Waals surface area contributed by atoms with Crippen LogP contribution in [-0.2, 0) is 14.3 Å². The van der Waals surface area contributed by atoms with Crippen LogP contribution in [0, 0.1) is 16.7 Å². The van der Waals surface area contributed by atoms with Gasteiger partial charge in [0.2, 0.25) is 0 Å². The summed E-state index contributed by atoms with van der Waals surface area (Å²) >= 11 is 2.26. The van der Waals surface area contributed by atoms with Crippen LogP contribution in [0.3, 0.4) is 0 Å². The molecule has 0 spiro atoms. The highest BCUT2D eigenvalue weighted by Gasteiger charge is 2.65. The van der Waals surface area contributed by atoms with E-state index in [9.17, 15) is 9.59 Å². The van der Waals surface area contributed by atoms with E-state index >= 15 is 0 Å². The van der Waals surface area contributed by atoms with E-state index in [0.717, 1.165) is 17.3 Å². The van der Waals surface area contributed by atoms with E-state index in [2.05, 4.69) is 22.6 Å². The number of fused-ring (bicyclic) bond motifs is 2. The first kappa shape index (κ1) is 10.4. The van der Waals surface area contributed by atoms with Crippen molar-refractivity contribution in [1.29, 1.82) is 0 Å². The van der Waals surface area contributed by atoms with Crippen LogP contribution in [0.2, 0.25) is 0 Å². The summed E-state index contributed by atoms with van der Waals surface area (Å²) in [6, 6.07) is 0. The summed E-state index contributed by atoms with van der Waals surface area (Å²) in [5.41, 5.74) is -0.660. The highest BCUT2D eigenvalue weighted by molar-refractivity contribution is 14.1. The summed E-state index contributed by atoms with van der Waals surface area (Å²) in [5.74, 6) is -0.721. The Morgan fingerprint density at radius 1 is 1.50 bits per heavy atom. The van der Waals surface area contributed by atoms with Crippen LogP contribution in [0.4, 0.5) is 0 Å². The van der Waals surface area contributed by atoms with E-state index in [1.807, 2.05) is 13.8 Å². The molecule has 0 aromatic heterocycles. The Hall–Kier alpha value is -0.130. The second-order valence-corrected chi connectivity index (χ2v) is 5.45. The molecule has 0 amide bonds. The monoisotopic (exact) mass is 308 g/mol. The van der Waals surface area contributed by atoms with Gasteiger partial charge in [-0.3, -0.25) is 9.59 Å². The van der Waals surface area contributed by atoms with Gasteiger partial charge in [-0.1, -0.05) is 29.5 Å². The predicted octanol–water partition coefficient (Wildman–Crippen LogP) is 1.93. The second kappa shape index (κ2) is 2.93. The molecule has 14 heavy (non-hydrogen) atoms. The molecule has 1 heterocycles. The number of alkyl halides is 1. The molecule has 78 valence electrons. The Labute approximate surface area is 96.7 Å². The van der Waals surface area contributed by atoms with Crippen molar-refractivity contribution in [3.05, 3.63) is 0 Å². The van der Waals surface area contributed by atoms with Crippen LogP contribution in [0.1, 0.15) is 26.7 Å². The first-order valence-corrected chi connectivity index (χ1v) is 6.30. The van der Waals surface area contributed by atoms with Crippen LogP contribution in [-0.4, -0.2) is 16.4 Å². The molecular weight excluding hydrogens is 295 g/mol. The molecule has 2 bridgehead atoms. The van der Waals surface area contributed by atoms with Crippen LogP contribution >= 0.6 is 22.6 Å². The molecule has 0 radical (unpaired) electrons. The lowest BCUT2D eigenvalue weighted by molar-refractivity contribution is -0.184. The molecule has 3 atom stereocenters. The third kappa shape index (κ3) is 0.978. The number of cyclic esters (lactones) is 2. The molecule has 3 unspecified atom stereocenters. The van der Waals surface area contributed by atoms with E-state index in [1.54, 1.807) is 0 Å². The number of hydrogen-bond acceptors (Lipinski definition) is 3. The van der Waals surface area contributed by atoms with Crippen LogP contribution in [0.5, 0.6) is 0 Å². The van der Waals surface area contributed by atoms with E-state index in [4.69, 9.17) is 4.74 Å². The minimum atomic E-state index is -0.452. The van der Waals surface area contributed by atoms with Crippen molar-refractivity contribution in [2.24, 2.45) is 16.7 Å². The third-order valence-electron chi connectivity index (χ3n) is 4.17. The molecule has 0 aromatic rings. The summed E-state index contributed by atoms with van der Waals surface area (Å²) in [4.78, 5) is 23.2. The standard InChI is InChI=1S/C10H13IO3/c1-9-4-3-6(10(9,2)5-11)7(12)14-8(9)13/h6H,3-5H2,1-2H3. The SMILES string of the molecule is CC12CCC(C(=O)OC1=O)C2(C)CI. The van der Waals surface area contributed by atoms with Gasteiger partial charge in [-0.2, -0.15) is 0 Å². The maximum atomic E-state index is 11.7. The summed E-state index contributed by atoms with van der Waals surface area (Å²) in [6.07, 6.45) is 1.57. The number of rotatable bonds is 1. The molecule has 1 saturated heterocycles. The summed E-state index contributed by atoms with van der Waals surface area (Å²) in [7, 11) is 0. The lowest BCUT2D eigenvalue weighted by Crippen LogP contribution is -2.52. The minimum absolute atomic E-state index is 0.0814. The third-order valence-corrected chi connectivity index (χ3v) is 5.75. The van der Waals surface area contributed by atoms with E-state index in [-0.39, 0.29) is 23.3 Å². The number of hydrogen-bond donors (Lipinski definition) is 0. The summed E-state index contributed by atoms with van der Waals surface area (Å²) in [5, 5.41) is 0. The maximum Gasteiger partial charge on any atom is 0.320 e. The van der Waals surface area contributed by atoms with Crippen molar-refractivity contribution in [2.45, 2.75) is 26.7 Å². The van der Waals surface area contributed by atoms with Gasteiger partial charge in [0.15, 0.2) is 0 Å². The largest absolute Gasteiger partial charge is 0.392 e. The summed E-state index contributed by atoms with van der Waals surface area (Å²) in [6.45, 7) is 3.97. The lowest BCUT2D eigenvalue weighted by atomic mass is 9.64. The molecule has 2 aliphatic rings. The predicted molar refractivity (Wildman–Crippen MR) is 58.9 cm³/mol. The molecule has 3 nitrogen and oxygen atoms in total. The lowest BCUT2D eigenvalue weighted by Gasteiger charge is -2.43. The molecule has 4 heteroatoms. The van der Waals surface area contributed by atoms with Gasteiger partial charge in [-0.15, -0.1) is 0 Å². The van der Waals surface area contributed by atoms with Crippen molar-refractivity contribution in [3.63, 3.8) is 0 Å². The fourth-order valence-corrected chi connectivity index (χ4v) is 4.02. The van der Waals surface area contributed by atoms with Gasteiger partial charge in [0, 0.05) is 9.84 Å². The van der Waals surface area contributed by atoms with Gasteiger partial charge in [-0.05, 0) is 19.8 Å². The van der Waals surface area contributed by atoms with E-state index in [1.165, 1.54) is 0 Å². The average Bonchev–Trinajstić information content (AvgIpc) is 2.34. The van der Waals surface area contributed by atoms with Crippen LogP contribution < -0.4 is 0 Å². The smallest absolute Gasteiger partial charge is 0.320 e. The van der Waals surface area contributed by atoms with Crippen LogP contribution in [0.25, 0.3) is 0 Å². The first-order chi connectivity index (χ1) is 6.45. The van der Waals surface area contributed by atoms with Crippen molar-refractivity contribution >= 4 is 34.5 Å². The first-order valence-electron chi connectivity index (χ1n) is 4.78. The fourth-order valence-electron chi connectivity index (χ4n) is 2.65. The topological polar surface area (TPSA) is 43.4 Å². The number of ether oxygens (including phenoxy) is 1. The van der Waals surface area contributed by atoms with Crippen molar-refractivity contribution < 1.29 is 14.3 Å². The molecule has 0 aromatic carbocycles. The molecule has 1 aliphatic carbocycles. The average molecular weight is 308 g/mol. The second-order valence-electron chi connectivity index (χ2n) is 4.68. The quantitative estimate of drug-likeness (QED) is 0.322. The highest BCUT2D eigenvalue weighted by atomic mass is 127. The highest BCUT2D eigenvalue weighted by Crippen LogP contribution is 2.60. The normalized spacial score (nSPS) is 46.6. The minimum Gasteiger partial charge on any atom is -0.392 e. The Morgan fingerprint density at radius 3 is 2.71 bits per heavy atom. The van der Waals surface area contributed by atoms with Gasteiger partial charge in [0.1, 0.15) is 0 Å². The van der Waals surface area contributed by atoms with Crippen molar-refractivity contribution in [2.75, 3.05) is 4.43 Å². The molecule has 1 aliphatic heterocycles. The van der Waals surface area contributed by atoms with Gasteiger partial charge in [-0.25, -0.2) is 0 Å². The van der Waals surface area contributed by atoms with Crippen molar-refractivity contribution in [1.82, 2.24) is 0 Å². The van der Waals surface area contributed by atoms with E-state index < -0.39 is 5.41 Å². The Bertz CT molecular complexity index is 314. The van der Waals surface area contributed by atoms with Gasteiger partial charge < -0.3 is 4.74 Å². The van der Waals surface area contributed by atoms with Gasteiger partial charge in [0.05, 0.1) is 11.3 Å². The summed E-state index contributed by atoms with van der Waals surface area (Å²) < 4.78 is 5.62. The van der Waals surface area contributed by atoms with Gasteiger partial charge in [0.25, 0.3) is 0 Å². The van der Waals surface area contributed by atoms with Gasteiger partial charge >= 0.3 is 11.9 Å². The zero-order valence-electron chi connectivity index (χ0n) is 8.30. The molecule has 2 rings (SSSR count). The van der Waals surface area contributed by atoms with Crippen LogP contribution in [0.15, 0.2) is 0 Å². The zero-order valence-corrected chi connectivity index (χ0v) is 10.5. The fraction of sp³-hybridized carbons (Fsp3) is 0.800. The number of carbonyl (C=O) groups is 2. The van der Waals surface area contributed by atoms with Crippen molar-refractivity contribution in [3.8, 4) is 0 Å². The van der Waals surface area contributed by atoms with E-state index in [0.29, 0.717) is 0 Å². The Morgan fingerprint density at radius 2 is 2.14 bits per heavy atom. The molecule has 1 saturated carbocycles. The number of halogens is 1. The molecule has 0 N–H and O–H groups in total. The Balaban J connectivity index is 2.51. The zero-order chi connectivity index (χ0) is 10.6. The Kier molecular flexibility index (Phi) is 2.18. The number of esters is 2. The molecular formula is C10H13IO3. The molecule has 2 fully saturated rings. The number of carbonyl (C=O) groups excluding carboxylic acids is 2.